The van der Waals surface area contributed by atoms with Gasteiger partial charge in [0.05, 0.1) is 6.10 Å². The van der Waals surface area contributed by atoms with E-state index in [0.717, 1.165) is 0 Å². The molecule has 4 aliphatic carbocycles. The number of fused-ring (bicyclic) bond motifs is 5. The Morgan fingerprint density at radius 3 is 2.58 bits per heavy atom. The standard InChI is InChI=1S/C24H31FO6/c1-13(31-14(2)26)20(29)23(30)10-8-17-18-6-5-15-11-16(27)7-9-21(15,3)24(18,25)19(28)12-22(17,23)4/h7,9,11,13,17-19,28,30H,5-6,8,10,12H2,1-4H3/t13?,17-,18-,19-,21-,22-,23-,24-/m0/s1. The van der Waals surface area contributed by atoms with Crippen LogP contribution in [0, 0.1) is 22.7 Å². The third-order valence-electron chi connectivity index (χ3n) is 8.91. The molecule has 1 unspecified atom stereocenters. The fraction of sp³-hybridized carbons (Fsp3) is 0.708. The summed E-state index contributed by atoms with van der Waals surface area (Å²) in [4.78, 5) is 36.4. The summed E-state index contributed by atoms with van der Waals surface area (Å²) >= 11 is 0. The first-order chi connectivity index (χ1) is 14.3. The van der Waals surface area contributed by atoms with Gasteiger partial charge in [-0.2, -0.15) is 0 Å². The monoisotopic (exact) mass is 434 g/mol. The van der Waals surface area contributed by atoms with Gasteiger partial charge in [0.2, 0.25) is 5.78 Å². The highest BCUT2D eigenvalue weighted by atomic mass is 19.1. The van der Waals surface area contributed by atoms with Crippen molar-refractivity contribution in [3.63, 3.8) is 0 Å². The minimum Gasteiger partial charge on any atom is -0.455 e. The molecule has 0 radical (unpaired) electrons. The molecular formula is C24H31FO6. The topological polar surface area (TPSA) is 101 Å². The zero-order chi connectivity index (χ0) is 23.0. The lowest BCUT2D eigenvalue weighted by molar-refractivity contribution is -0.219. The average molecular weight is 435 g/mol. The summed E-state index contributed by atoms with van der Waals surface area (Å²) in [5.74, 6) is -2.30. The van der Waals surface area contributed by atoms with Crippen LogP contribution in [-0.4, -0.2) is 51.2 Å². The molecule has 31 heavy (non-hydrogen) atoms. The molecule has 3 saturated carbocycles. The van der Waals surface area contributed by atoms with Crippen LogP contribution < -0.4 is 0 Å². The SMILES string of the molecule is CC(=O)OC(C)C(=O)[C@@]1(O)CC[C@H]2[C@@H]3CCC4=CC(=O)C=C[C@]4(C)[C@@]3(F)[C@@H](O)C[C@@]21C. The number of ketones is 2. The maximum Gasteiger partial charge on any atom is 0.303 e. The van der Waals surface area contributed by atoms with E-state index in [4.69, 9.17) is 4.74 Å². The van der Waals surface area contributed by atoms with Gasteiger partial charge in [-0.25, -0.2) is 4.39 Å². The Morgan fingerprint density at radius 1 is 1.26 bits per heavy atom. The van der Waals surface area contributed by atoms with Crippen molar-refractivity contribution < 1.29 is 33.7 Å². The minimum absolute atomic E-state index is 0.0929. The molecule has 0 spiro atoms. The maximum atomic E-state index is 17.0. The van der Waals surface area contributed by atoms with Crippen molar-refractivity contribution in [3.05, 3.63) is 23.8 Å². The maximum absolute atomic E-state index is 17.0. The van der Waals surface area contributed by atoms with Crippen molar-refractivity contribution in [2.75, 3.05) is 0 Å². The molecule has 3 fully saturated rings. The number of hydrogen-bond donors (Lipinski definition) is 2. The zero-order valence-electron chi connectivity index (χ0n) is 18.5. The summed E-state index contributed by atoms with van der Waals surface area (Å²) < 4.78 is 22.0. The molecule has 0 aromatic heterocycles. The molecule has 0 saturated heterocycles. The highest BCUT2D eigenvalue weighted by Gasteiger charge is 2.74. The van der Waals surface area contributed by atoms with Crippen molar-refractivity contribution >= 4 is 17.5 Å². The van der Waals surface area contributed by atoms with Crippen LogP contribution in [0.25, 0.3) is 0 Å². The van der Waals surface area contributed by atoms with Gasteiger partial charge in [-0.3, -0.25) is 14.4 Å². The van der Waals surface area contributed by atoms with Crippen molar-refractivity contribution in [1.29, 1.82) is 0 Å². The summed E-state index contributed by atoms with van der Waals surface area (Å²) in [7, 11) is 0. The van der Waals surface area contributed by atoms with Crippen LogP contribution in [0.5, 0.6) is 0 Å². The summed E-state index contributed by atoms with van der Waals surface area (Å²) in [5, 5.41) is 22.8. The number of Topliss-reactive ketones (excluding diaryl/α,β-unsaturated/α-hetero) is 1. The quantitative estimate of drug-likeness (QED) is 0.663. The van der Waals surface area contributed by atoms with Gasteiger partial charge in [0, 0.05) is 23.7 Å². The first kappa shape index (κ1) is 22.3. The van der Waals surface area contributed by atoms with E-state index >= 15 is 4.39 Å². The van der Waals surface area contributed by atoms with E-state index in [1.54, 1.807) is 19.9 Å². The second-order valence-corrected chi connectivity index (χ2v) is 10.3. The Bertz CT molecular complexity index is 910. The Morgan fingerprint density at radius 2 is 1.94 bits per heavy atom. The smallest absolute Gasteiger partial charge is 0.303 e. The second kappa shape index (κ2) is 6.82. The van der Waals surface area contributed by atoms with Gasteiger partial charge in [0.25, 0.3) is 0 Å². The fourth-order valence-corrected chi connectivity index (χ4v) is 7.26. The van der Waals surface area contributed by atoms with Gasteiger partial charge in [-0.15, -0.1) is 0 Å². The van der Waals surface area contributed by atoms with Gasteiger partial charge in [0.1, 0.15) is 5.60 Å². The number of aliphatic hydroxyl groups is 2. The van der Waals surface area contributed by atoms with E-state index in [1.807, 2.05) is 0 Å². The summed E-state index contributed by atoms with van der Waals surface area (Å²) in [6.07, 6.45) is 3.31. The van der Waals surface area contributed by atoms with E-state index < -0.39 is 52.0 Å². The van der Waals surface area contributed by atoms with Gasteiger partial charge in [0.15, 0.2) is 17.6 Å². The fourth-order valence-electron chi connectivity index (χ4n) is 7.26. The lowest BCUT2D eigenvalue weighted by atomic mass is 9.44. The first-order valence-electron chi connectivity index (χ1n) is 11.1. The van der Waals surface area contributed by atoms with Crippen LogP contribution in [0.15, 0.2) is 23.8 Å². The Hall–Kier alpha value is -1.86. The third kappa shape index (κ3) is 2.72. The van der Waals surface area contributed by atoms with E-state index in [2.05, 4.69) is 0 Å². The van der Waals surface area contributed by atoms with Crippen LogP contribution >= 0.6 is 0 Å². The normalized spacial score (nSPS) is 47.0. The molecule has 170 valence electrons. The number of halogens is 1. The van der Waals surface area contributed by atoms with E-state index in [9.17, 15) is 24.6 Å². The van der Waals surface area contributed by atoms with Crippen LogP contribution in [0.3, 0.4) is 0 Å². The number of carbonyl (C=O) groups is 3. The van der Waals surface area contributed by atoms with Crippen LogP contribution in [0.2, 0.25) is 0 Å². The molecule has 0 aromatic carbocycles. The lowest BCUT2D eigenvalue weighted by Gasteiger charge is -2.62. The molecule has 2 N–H and O–H groups in total. The van der Waals surface area contributed by atoms with Gasteiger partial charge < -0.3 is 14.9 Å². The predicted molar refractivity (Wildman–Crippen MR) is 110 cm³/mol. The molecule has 0 bridgehead atoms. The minimum atomic E-state index is -2.01. The largest absolute Gasteiger partial charge is 0.455 e. The molecule has 0 amide bonds. The second-order valence-electron chi connectivity index (χ2n) is 10.3. The number of aliphatic hydroxyl groups excluding tert-OH is 1. The molecule has 4 aliphatic rings. The first-order valence-corrected chi connectivity index (χ1v) is 11.1. The highest BCUT2D eigenvalue weighted by molar-refractivity contribution is 6.01. The number of esters is 1. The number of allylic oxidation sites excluding steroid dienone is 4. The molecular weight excluding hydrogens is 403 g/mol. The lowest BCUT2D eigenvalue weighted by Crippen LogP contribution is -2.69. The van der Waals surface area contributed by atoms with Crippen molar-refractivity contribution in [2.24, 2.45) is 22.7 Å². The van der Waals surface area contributed by atoms with Crippen molar-refractivity contribution in [2.45, 2.75) is 83.3 Å². The zero-order valence-corrected chi connectivity index (χ0v) is 18.5. The molecule has 0 aromatic rings. The Kier molecular flexibility index (Phi) is 4.91. The number of ether oxygens (including phenoxy) is 1. The highest BCUT2D eigenvalue weighted by Crippen LogP contribution is 2.69. The van der Waals surface area contributed by atoms with Crippen LogP contribution in [0.1, 0.15) is 59.8 Å². The van der Waals surface area contributed by atoms with Crippen LogP contribution in [-0.2, 0) is 19.1 Å². The molecule has 8 atom stereocenters. The van der Waals surface area contributed by atoms with Crippen molar-refractivity contribution in [1.82, 2.24) is 0 Å². The Balaban J connectivity index is 1.73. The van der Waals surface area contributed by atoms with E-state index in [0.29, 0.717) is 24.8 Å². The van der Waals surface area contributed by atoms with E-state index in [1.165, 1.54) is 26.0 Å². The predicted octanol–water partition coefficient (Wildman–Crippen LogP) is 2.61. The van der Waals surface area contributed by atoms with Crippen LogP contribution in [0.4, 0.5) is 4.39 Å². The summed E-state index contributed by atoms with van der Waals surface area (Å²) in [6.45, 7) is 6.11. The summed E-state index contributed by atoms with van der Waals surface area (Å²) in [6, 6.07) is 0. The van der Waals surface area contributed by atoms with E-state index in [-0.39, 0.29) is 24.5 Å². The van der Waals surface area contributed by atoms with Crippen molar-refractivity contribution in [3.8, 4) is 0 Å². The van der Waals surface area contributed by atoms with Gasteiger partial charge in [-0.05, 0) is 64.0 Å². The average Bonchev–Trinajstić information content (AvgIpc) is 2.94. The Labute approximate surface area is 181 Å². The summed E-state index contributed by atoms with van der Waals surface area (Å²) in [5.41, 5.74) is -5.29. The molecule has 4 rings (SSSR count). The molecule has 0 heterocycles. The number of carbonyl (C=O) groups excluding carboxylic acids is 3. The number of hydrogen-bond acceptors (Lipinski definition) is 6. The third-order valence-corrected chi connectivity index (χ3v) is 8.91. The number of rotatable bonds is 3. The molecule has 6 nitrogen and oxygen atoms in total. The molecule has 7 heteroatoms. The number of alkyl halides is 1. The van der Waals surface area contributed by atoms with Gasteiger partial charge >= 0.3 is 5.97 Å². The van der Waals surface area contributed by atoms with Gasteiger partial charge in [-0.1, -0.05) is 18.6 Å². The molecule has 0 aliphatic heterocycles.